The van der Waals surface area contributed by atoms with Crippen LogP contribution in [0.3, 0.4) is 0 Å². The Morgan fingerprint density at radius 3 is 2.35 bits per heavy atom. The van der Waals surface area contributed by atoms with Gasteiger partial charge in [0.25, 0.3) is 0 Å². The highest BCUT2D eigenvalue weighted by molar-refractivity contribution is 5.90. The number of alkyl halides is 3. The first kappa shape index (κ1) is 37.7. The molecule has 0 unspecified atom stereocenters. The van der Waals surface area contributed by atoms with Crippen LogP contribution in [0.15, 0.2) is 85.5 Å². The number of carbonyl (C=O) groups is 2. The predicted molar refractivity (Wildman–Crippen MR) is 192 cm³/mol. The third-order valence-corrected chi connectivity index (χ3v) is 10.7. The monoisotopic (exact) mass is 719 g/mol. The van der Waals surface area contributed by atoms with Crippen LogP contribution in [0.5, 0.6) is 0 Å². The average molecular weight is 720 g/mol. The Labute approximate surface area is 303 Å². The van der Waals surface area contributed by atoms with Gasteiger partial charge in [0.1, 0.15) is 6.04 Å². The molecule has 11 heteroatoms. The lowest BCUT2D eigenvalue weighted by atomic mass is 9.89. The van der Waals surface area contributed by atoms with E-state index in [1.165, 1.54) is 25.7 Å². The summed E-state index contributed by atoms with van der Waals surface area (Å²) in [6.45, 7) is 7.71. The third kappa shape index (κ3) is 8.77. The molecule has 0 aromatic heterocycles. The second-order valence-electron chi connectivity index (χ2n) is 14.2. The van der Waals surface area contributed by atoms with Gasteiger partial charge in [0, 0.05) is 43.7 Å². The maximum atomic E-state index is 13.1. The Morgan fingerprint density at radius 2 is 1.65 bits per heavy atom. The highest BCUT2D eigenvalue weighted by Crippen LogP contribution is 2.43. The summed E-state index contributed by atoms with van der Waals surface area (Å²) >= 11 is 0. The molecule has 2 amide bonds. The molecular weight excluding hydrogens is 671 g/mol. The molecule has 0 bridgehead atoms. The van der Waals surface area contributed by atoms with E-state index in [0.29, 0.717) is 17.4 Å². The number of likely N-dealkylation sites (tertiary alicyclic amines) is 1. The van der Waals surface area contributed by atoms with E-state index < -0.39 is 30.3 Å². The van der Waals surface area contributed by atoms with Crippen molar-refractivity contribution < 1.29 is 37.3 Å². The van der Waals surface area contributed by atoms with Crippen LogP contribution in [0.1, 0.15) is 80.1 Å². The topological polar surface area (TPSA) is 91.3 Å². The number of aliphatic hydroxyl groups excluding tert-OH is 1. The summed E-state index contributed by atoms with van der Waals surface area (Å²) in [7, 11) is 0. The number of carbonyl (C=O) groups excluding carboxylic acids is 2. The van der Waals surface area contributed by atoms with Crippen molar-refractivity contribution >= 4 is 11.8 Å². The lowest BCUT2D eigenvalue weighted by molar-refractivity contribution is -0.276. The molecule has 8 nitrogen and oxygen atoms in total. The van der Waals surface area contributed by atoms with E-state index in [4.69, 9.17) is 9.47 Å². The van der Waals surface area contributed by atoms with Crippen molar-refractivity contribution in [1.82, 2.24) is 15.1 Å². The SMILES string of the molecule is C=CCN(C[C@H]1O[C@@H](c2cccc(-c3cccc(CNC(=O)[C@@H]4CCCN4C(=O)C(F)(F)F)c3)c2)O[C@@H](c2ccc(CO)cc2)[C@H]1C)C1CCCC1. The van der Waals surface area contributed by atoms with Crippen molar-refractivity contribution in [2.24, 2.45) is 5.92 Å². The average Bonchev–Trinajstić information content (AvgIpc) is 3.88. The second kappa shape index (κ2) is 16.8. The Morgan fingerprint density at radius 1 is 0.942 bits per heavy atom. The quantitative estimate of drug-likeness (QED) is 0.192. The molecular formula is C41H48F3N3O5. The Hall–Kier alpha value is -4.03. The molecule has 2 saturated heterocycles. The number of nitrogens with one attached hydrogen (secondary N) is 1. The number of halogens is 3. The van der Waals surface area contributed by atoms with Crippen molar-refractivity contribution in [2.45, 2.75) is 95.4 Å². The fourth-order valence-corrected chi connectivity index (χ4v) is 7.85. The summed E-state index contributed by atoms with van der Waals surface area (Å²) < 4.78 is 52.8. The molecule has 1 aliphatic carbocycles. The van der Waals surface area contributed by atoms with Crippen LogP contribution < -0.4 is 5.32 Å². The summed E-state index contributed by atoms with van der Waals surface area (Å²) in [5.74, 6) is -2.53. The Bertz CT molecular complexity index is 1690. The van der Waals surface area contributed by atoms with E-state index in [1.54, 1.807) is 0 Å². The number of hydrogen-bond acceptors (Lipinski definition) is 6. The smallest absolute Gasteiger partial charge is 0.392 e. The zero-order valence-corrected chi connectivity index (χ0v) is 29.6. The fourth-order valence-electron chi connectivity index (χ4n) is 7.85. The number of ether oxygens (including phenoxy) is 2. The van der Waals surface area contributed by atoms with E-state index in [9.17, 15) is 27.9 Å². The van der Waals surface area contributed by atoms with Crippen molar-refractivity contribution in [3.05, 3.63) is 108 Å². The van der Waals surface area contributed by atoms with E-state index in [2.05, 4.69) is 23.7 Å². The summed E-state index contributed by atoms with van der Waals surface area (Å²) in [5, 5.41) is 12.4. The molecule has 3 aromatic rings. The zero-order valence-electron chi connectivity index (χ0n) is 29.6. The van der Waals surface area contributed by atoms with Crippen molar-refractivity contribution in [3.63, 3.8) is 0 Å². The van der Waals surface area contributed by atoms with Crippen LogP contribution >= 0.6 is 0 Å². The molecule has 2 N–H and O–H groups in total. The number of benzene rings is 3. The summed E-state index contributed by atoms with van der Waals surface area (Å²) in [4.78, 5) is 27.9. The number of amides is 2. The maximum absolute atomic E-state index is 13.1. The van der Waals surface area contributed by atoms with Gasteiger partial charge in [-0.2, -0.15) is 13.2 Å². The molecule has 3 fully saturated rings. The van der Waals surface area contributed by atoms with Gasteiger partial charge in [-0.05, 0) is 65.6 Å². The fraction of sp³-hybridized carbons (Fsp3) is 0.463. The predicted octanol–water partition coefficient (Wildman–Crippen LogP) is 7.24. The van der Waals surface area contributed by atoms with Gasteiger partial charge in [-0.1, -0.05) is 86.5 Å². The van der Waals surface area contributed by atoms with Crippen LogP contribution in [0, 0.1) is 5.92 Å². The van der Waals surface area contributed by atoms with E-state index in [-0.39, 0.29) is 44.2 Å². The molecule has 2 heterocycles. The largest absolute Gasteiger partial charge is 0.471 e. The minimum atomic E-state index is -5.02. The van der Waals surface area contributed by atoms with E-state index >= 15 is 0 Å². The first-order valence-corrected chi connectivity index (χ1v) is 18.3. The molecule has 6 rings (SSSR count). The minimum absolute atomic E-state index is 0.0317. The van der Waals surface area contributed by atoms with Gasteiger partial charge in [0.2, 0.25) is 5.91 Å². The van der Waals surface area contributed by atoms with Gasteiger partial charge >= 0.3 is 12.1 Å². The first-order valence-electron chi connectivity index (χ1n) is 18.3. The number of hydrogen-bond donors (Lipinski definition) is 2. The van der Waals surface area contributed by atoms with Crippen LogP contribution in [0.4, 0.5) is 13.2 Å². The highest BCUT2D eigenvalue weighted by Gasteiger charge is 2.47. The van der Waals surface area contributed by atoms with Gasteiger partial charge < -0.3 is 24.8 Å². The summed E-state index contributed by atoms with van der Waals surface area (Å²) in [6, 6.07) is 22.8. The number of rotatable bonds is 12. The molecule has 2 aliphatic heterocycles. The van der Waals surface area contributed by atoms with Crippen LogP contribution in [0.25, 0.3) is 11.1 Å². The highest BCUT2D eigenvalue weighted by atomic mass is 19.4. The van der Waals surface area contributed by atoms with E-state index in [1.807, 2.05) is 78.9 Å². The molecule has 1 saturated carbocycles. The standard InChI is InChI=1S/C41H48F3N3O5/c1-3-20-46(34-13-4-5-14-34)25-36-27(2)37(30-18-16-28(26-48)17-19-30)52-39(51-36)33-12-7-11-32(23-33)31-10-6-9-29(22-31)24-45-38(49)35-15-8-21-47(35)40(50)41(42,43)44/h3,6-7,9-12,16-19,22-23,27,34-37,39,48H,1,4-5,8,13-15,20-21,24-26H2,2H3,(H,45,49)/t27-,35-,36+,37+,39+/m0/s1. The lowest BCUT2D eigenvalue weighted by Crippen LogP contribution is -2.50. The zero-order chi connectivity index (χ0) is 36.8. The molecule has 5 atom stereocenters. The molecule has 52 heavy (non-hydrogen) atoms. The minimum Gasteiger partial charge on any atom is -0.392 e. The Kier molecular flexibility index (Phi) is 12.2. The van der Waals surface area contributed by atoms with Crippen molar-refractivity contribution in [2.75, 3.05) is 19.6 Å². The molecule has 3 aromatic carbocycles. The molecule has 0 radical (unpaired) electrons. The third-order valence-electron chi connectivity index (χ3n) is 10.7. The molecule has 0 spiro atoms. The van der Waals surface area contributed by atoms with Gasteiger partial charge in [-0.15, -0.1) is 6.58 Å². The van der Waals surface area contributed by atoms with Crippen LogP contribution in [-0.2, 0) is 32.2 Å². The van der Waals surface area contributed by atoms with Crippen molar-refractivity contribution in [3.8, 4) is 11.1 Å². The molecule has 278 valence electrons. The van der Waals surface area contributed by atoms with Crippen LogP contribution in [0.2, 0.25) is 0 Å². The first-order chi connectivity index (χ1) is 25.0. The van der Waals surface area contributed by atoms with Gasteiger partial charge in [-0.25, -0.2) is 0 Å². The summed E-state index contributed by atoms with van der Waals surface area (Å²) in [5.41, 5.74) is 5.28. The second-order valence-corrected chi connectivity index (χ2v) is 14.2. The maximum Gasteiger partial charge on any atom is 0.471 e. The van der Waals surface area contributed by atoms with E-state index in [0.717, 1.165) is 46.5 Å². The van der Waals surface area contributed by atoms with Gasteiger partial charge in [-0.3, -0.25) is 14.5 Å². The summed E-state index contributed by atoms with van der Waals surface area (Å²) in [6.07, 6.45) is 1.25. The normalized spacial score (nSPS) is 24.0. The lowest BCUT2D eigenvalue weighted by Gasteiger charge is -2.43. The van der Waals surface area contributed by atoms with Crippen molar-refractivity contribution in [1.29, 1.82) is 0 Å². The van der Waals surface area contributed by atoms with Crippen LogP contribution in [-0.4, -0.2) is 70.7 Å². The molecule has 3 aliphatic rings. The van der Waals surface area contributed by atoms with Gasteiger partial charge in [0.05, 0.1) is 18.8 Å². The van der Waals surface area contributed by atoms with Gasteiger partial charge in [0.15, 0.2) is 6.29 Å². The number of nitrogens with zero attached hydrogens (tertiary/aromatic N) is 2. The number of aliphatic hydroxyl groups is 1. The Balaban J connectivity index is 1.20.